The Bertz CT molecular complexity index is 916. The van der Waals surface area contributed by atoms with E-state index >= 15 is 0 Å². The fraction of sp³-hybridized carbons (Fsp3) is 0.348. The molecule has 3 aromatic rings. The van der Waals surface area contributed by atoms with Crippen molar-refractivity contribution >= 4 is 17.7 Å². The molecule has 1 amide bonds. The summed E-state index contributed by atoms with van der Waals surface area (Å²) in [4.78, 5) is 11.3. The summed E-state index contributed by atoms with van der Waals surface area (Å²) in [5.74, 6) is 0.453. The number of hydrogen-bond donors (Lipinski definition) is 1. The van der Waals surface area contributed by atoms with Gasteiger partial charge in [0, 0.05) is 19.4 Å². The van der Waals surface area contributed by atoms with Crippen LogP contribution >= 0.6 is 11.8 Å². The Kier molecular flexibility index (Phi) is 6.81. The van der Waals surface area contributed by atoms with E-state index in [2.05, 4.69) is 63.3 Å². The molecule has 7 heteroatoms. The third-order valence-corrected chi connectivity index (χ3v) is 6.52. The molecule has 4 rings (SSSR count). The van der Waals surface area contributed by atoms with E-state index in [9.17, 15) is 4.79 Å². The Morgan fingerprint density at radius 3 is 2.33 bits per heavy atom. The quantitative estimate of drug-likeness (QED) is 0.531. The number of ether oxygens (including phenoxy) is 1. The molecule has 0 radical (unpaired) electrons. The predicted octanol–water partition coefficient (Wildman–Crippen LogP) is 3.76. The number of nitrogens with two attached hydrogens (primary N) is 1. The molecule has 1 aliphatic heterocycles. The first kappa shape index (κ1) is 20.6. The van der Waals surface area contributed by atoms with E-state index < -0.39 is 0 Å². The molecule has 2 N–H and O–H groups in total. The molecule has 2 aromatic carbocycles. The molecule has 0 aliphatic carbocycles. The number of aromatic nitrogens is 3. The van der Waals surface area contributed by atoms with Gasteiger partial charge in [0.2, 0.25) is 5.91 Å². The third kappa shape index (κ3) is 5.09. The third-order valence-electron chi connectivity index (χ3n) is 5.23. The zero-order chi connectivity index (χ0) is 20.8. The van der Waals surface area contributed by atoms with E-state index in [-0.39, 0.29) is 23.7 Å². The molecule has 2 heterocycles. The van der Waals surface area contributed by atoms with Gasteiger partial charge in [-0.2, -0.15) is 0 Å². The summed E-state index contributed by atoms with van der Waals surface area (Å²) in [6.45, 7) is 1.49. The first-order valence-electron chi connectivity index (χ1n) is 10.3. The Hall–Kier alpha value is -2.64. The number of primary amides is 1. The van der Waals surface area contributed by atoms with E-state index in [1.165, 1.54) is 11.1 Å². The van der Waals surface area contributed by atoms with Gasteiger partial charge in [0.1, 0.15) is 5.82 Å². The van der Waals surface area contributed by atoms with Gasteiger partial charge < -0.3 is 15.0 Å². The highest BCUT2D eigenvalue weighted by Crippen LogP contribution is 2.40. The molecule has 0 bridgehead atoms. The van der Waals surface area contributed by atoms with Crippen molar-refractivity contribution in [3.05, 3.63) is 77.6 Å². The summed E-state index contributed by atoms with van der Waals surface area (Å²) in [5.41, 5.74) is 7.78. The lowest BCUT2D eigenvalue weighted by molar-refractivity contribution is -0.118. The first-order chi connectivity index (χ1) is 14.7. The van der Waals surface area contributed by atoms with Gasteiger partial charge in [0.15, 0.2) is 5.16 Å². The Labute approximate surface area is 180 Å². The molecule has 1 aliphatic rings. The van der Waals surface area contributed by atoms with E-state index in [1.807, 2.05) is 12.1 Å². The maximum atomic E-state index is 11.3. The van der Waals surface area contributed by atoms with Gasteiger partial charge in [-0.1, -0.05) is 72.4 Å². The Morgan fingerprint density at radius 1 is 1.10 bits per heavy atom. The number of benzene rings is 2. The first-order valence-corrected chi connectivity index (χ1v) is 11.2. The van der Waals surface area contributed by atoms with E-state index in [4.69, 9.17) is 10.5 Å². The molecule has 1 atom stereocenters. The second-order valence-electron chi connectivity index (χ2n) is 7.43. The summed E-state index contributed by atoms with van der Waals surface area (Å²) >= 11 is 1.68. The minimum atomic E-state index is -0.331. The molecule has 6 nitrogen and oxygen atoms in total. The molecule has 1 unspecified atom stereocenters. The Balaban J connectivity index is 1.65. The van der Waals surface area contributed by atoms with E-state index in [0.29, 0.717) is 13.0 Å². The summed E-state index contributed by atoms with van der Waals surface area (Å²) in [6, 6.07) is 20.8. The lowest BCUT2D eigenvalue weighted by atomic mass is 10.0. The zero-order valence-corrected chi connectivity index (χ0v) is 17.6. The molecule has 0 spiro atoms. The van der Waals surface area contributed by atoms with Gasteiger partial charge in [-0.05, 0) is 24.0 Å². The fourth-order valence-electron chi connectivity index (χ4n) is 3.69. The molecule has 1 saturated heterocycles. The number of rotatable bonds is 9. The maximum absolute atomic E-state index is 11.3. The van der Waals surface area contributed by atoms with Crippen LogP contribution in [0.1, 0.15) is 41.5 Å². The largest absolute Gasteiger partial charge is 0.376 e. The molecule has 0 saturated carbocycles. The topological polar surface area (TPSA) is 83.0 Å². The van der Waals surface area contributed by atoms with Crippen LogP contribution in [0.2, 0.25) is 0 Å². The van der Waals surface area contributed by atoms with E-state index in [1.54, 1.807) is 11.8 Å². The molecular weight excluding hydrogens is 396 g/mol. The highest BCUT2D eigenvalue weighted by molar-refractivity contribution is 7.99. The number of carbonyl (C=O) groups is 1. The van der Waals surface area contributed by atoms with Crippen molar-refractivity contribution < 1.29 is 9.53 Å². The van der Waals surface area contributed by atoms with Gasteiger partial charge >= 0.3 is 0 Å². The summed E-state index contributed by atoms with van der Waals surface area (Å²) in [6.07, 6.45) is 2.99. The minimum Gasteiger partial charge on any atom is -0.376 e. The molecule has 1 fully saturated rings. The molecule has 1 aromatic heterocycles. The van der Waals surface area contributed by atoms with Crippen molar-refractivity contribution in [2.75, 3.05) is 6.61 Å². The predicted molar refractivity (Wildman–Crippen MR) is 117 cm³/mol. The van der Waals surface area contributed by atoms with Crippen LogP contribution in [0.3, 0.4) is 0 Å². The number of hydrogen-bond acceptors (Lipinski definition) is 5. The van der Waals surface area contributed by atoms with E-state index in [0.717, 1.165) is 30.4 Å². The standard InChI is InChI=1S/C23H26N4O2S/c24-20(28)13-14-21-25-26-23(27(21)16-19-12-7-15-29-19)30-22(17-8-3-1-4-9-17)18-10-5-2-6-11-18/h1-6,8-11,19,22H,7,12-16H2,(H2,24,28). The van der Waals surface area contributed by atoms with Gasteiger partial charge in [-0.15, -0.1) is 10.2 Å². The number of aryl methyl sites for hydroxylation is 1. The van der Waals surface area contributed by atoms with Gasteiger partial charge in [0.25, 0.3) is 0 Å². The second kappa shape index (κ2) is 9.91. The highest BCUT2D eigenvalue weighted by atomic mass is 32.2. The van der Waals surface area contributed by atoms with Crippen LogP contribution < -0.4 is 5.73 Å². The highest BCUT2D eigenvalue weighted by Gasteiger charge is 2.24. The van der Waals surface area contributed by atoms with Crippen LogP contribution in [-0.2, 0) is 22.5 Å². The van der Waals surface area contributed by atoms with Crippen molar-refractivity contribution in [2.24, 2.45) is 5.73 Å². The number of thioether (sulfide) groups is 1. The average molecular weight is 423 g/mol. The summed E-state index contributed by atoms with van der Waals surface area (Å²) in [7, 11) is 0. The SMILES string of the molecule is NC(=O)CCc1nnc(SC(c2ccccc2)c2ccccc2)n1CC1CCCO1. The van der Waals surface area contributed by atoms with Crippen molar-refractivity contribution in [1.82, 2.24) is 14.8 Å². The normalized spacial score (nSPS) is 16.2. The smallest absolute Gasteiger partial charge is 0.217 e. The molecule has 156 valence electrons. The van der Waals surface area contributed by atoms with Crippen LogP contribution in [0, 0.1) is 0 Å². The zero-order valence-electron chi connectivity index (χ0n) is 16.8. The van der Waals surface area contributed by atoms with Crippen molar-refractivity contribution in [3.8, 4) is 0 Å². The van der Waals surface area contributed by atoms with Crippen LogP contribution in [0.5, 0.6) is 0 Å². The second-order valence-corrected chi connectivity index (χ2v) is 8.50. The summed E-state index contributed by atoms with van der Waals surface area (Å²) in [5, 5.41) is 9.82. The van der Waals surface area contributed by atoms with Gasteiger partial charge in [0.05, 0.1) is 17.9 Å². The maximum Gasteiger partial charge on any atom is 0.217 e. The van der Waals surface area contributed by atoms with Crippen molar-refractivity contribution in [3.63, 3.8) is 0 Å². The van der Waals surface area contributed by atoms with Crippen LogP contribution in [0.25, 0.3) is 0 Å². The number of amides is 1. The van der Waals surface area contributed by atoms with Crippen molar-refractivity contribution in [2.45, 2.75) is 48.7 Å². The number of carbonyl (C=O) groups excluding carboxylic acids is 1. The minimum absolute atomic E-state index is 0.0869. The van der Waals surface area contributed by atoms with Gasteiger partial charge in [-0.3, -0.25) is 4.79 Å². The lowest BCUT2D eigenvalue weighted by Crippen LogP contribution is -2.19. The summed E-state index contributed by atoms with van der Waals surface area (Å²) < 4.78 is 7.97. The van der Waals surface area contributed by atoms with Crippen LogP contribution in [-0.4, -0.2) is 33.4 Å². The monoisotopic (exact) mass is 422 g/mol. The average Bonchev–Trinajstić information content (AvgIpc) is 3.42. The van der Waals surface area contributed by atoms with Crippen LogP contribution in [0.4, 0.5) is 0 Å². The molecule has 30 heavy (non-hydrogen) atoms. The lowest BCUT2D eigenvalue weighted by Gasteiger charge is -2.19. The number of nitrogens with zero attached hydrogens (tertiary/aromatic N) is 3. The van der Waals surface area contributed by atoms with Crippen LogP contribution in [0.15, 0.2) is 65.8 Å². The Morgan fingerprint density at radius 2 is 1.77 bits per heavy atom. The molecular formula is C23H26N4O2S. The fourth-order valence-corrected chi connectivity index (χ4v) is 4.88. The van der Waals surface area contributed by atoms with Gasteiger partial charge in [-0.25, -0.2) is 0 Å². The van der Waals surface area contributed by atoms with Crippen molar-refractivity contribution in [1.29, 1.82) is 0 Å².